The maximum atomic E-state index is 6.31. The maximum absolute atomic E-state index is 6.31. The molecule has 2 heterocycles. The zero-order chi connectivity index (χ0) is 15.8. The molecule has 1 aliphatic carbocycles. The molecule has 1 saturated carbocycles. The smallest absolute Gasteiger partial charge is 0.146 e. The van der Waals surface area contributed by atoms with Crippen molar-refractivity contribution < 1.29 is 4.74 Å². The van der Waals surface area contributed by atoms with Crippen LogP contribution in [0.1, 0.15) is 42.1 Å². The topological polar surface area (TPSA) is 43.2 Å². The Balaban J connectivity index is 1.46. The third-order valence-corrected chi connectivity index (χ3v) is 5.05. The molecule has 0 N–H and O–H groups in total. The second-order valence-electron chi connectivity index (χ2n) is 6.42. The molecule has 1 aromatic carbocycles. The van der Waals surface area contributed by atoms with Gasteiger partial charge in [0.15, 0.2) is 0 Å². The number of nitrogens with zero attached hydrogens (tertiary/aromatic N) is 4. The fourth-order valence-corrected chi connectivity index (χ4v) is 3.44. The summed E-state index contributed by atoms with van der Waals surface area (Å²) in [5, 5.41) is 9.53. The van der Waals surface area contributed by atoms with Gasteiger partial charge in [0, 0.05) is 36.6 Å². The minimum atomic E-state index is 0.0218. The van der Waals surface area contributed by atoms with Gasteiger partial charge in [-0.1, -0.05) is 29.8 Å². The fraction of sp³-hybridized carbons (Fsp3) is 0.529. The third-order valence-electron chi connectivity index (χ3n) is 4.71. The summed E-state index contributed by atoms with van der Waals surface area (Å²) in [5.41, 5.74) is 1.07. The molecule has 23 heavy (non-hydrogen) atoms. The minimum absolute atomic E-state index is 0.0218. The molecule has 1 aliphatic heterocycles. The van der Waals surface area contributed by atoms with E-state index in [1.165, 1.54) is 12.8 Å². The van der Waals surface area contributed by atoms with Gasteiger partial charge in [-0.25, -0.2) is 0 Å². The number of ether oxygens (including phenoxy) is 1. The molecule has 4 rings (SSSR count). The Morgan fingerprint density at radius 1 is 1.26 bits per heavy atom. The Morgan fingerprint density at radius 2 is 2.09 bits per heavy atom. The van der Waals surface area contributed by atoms with Crippen LogP contribution < -0.4 is 0 Å². The van der Waals surface area contributed by atoms with Crippen molar-refractivity contribution in [1.29, 1.82) is 0 Å². The van der Waals surface area contributed by atoms with Crippen LogP contribution in [0.5, 0.6) is 0 Å². The van der Waals surface area contributed by atoms with Gasteiger partial charge in [-0.15, -0.1) is 10.2 Å². The van der Waals surface area contributed by atoms with Crippen LogP contribution in [0, 0.1) is 0 Å². The van der Waals surface area contributed by atoms with Crippen LogP contribution in [0.2, 0.25) is 5.02 Å². The summed E-state index contributed by atoms with van der Waals surface area (Å²) >= 11 is 6.31. The average molecular weight is 333 g/mol. The first-order chi connectivity index (χ1) is 11.2. The second kappa shape index (κ2) is 6.23. The highest BCUT2D eigenvalue weighted by Crippen LogP contribution is 2.39. The molecule has 1 aromatic heterocycles. The van der Waals surface area contributed by atoms with E-state index in [1.54, 1.807) is 0 Å². The molecule has 6 heteroatoms. The summed E-state index contributed by atoms with van der Waals surface area (Å²) in [6, 6.07) is 7.92. The highest BCUT2D eigenvalue weighted by Gasteiger charge is 2.30. The van der Waals surface area contributed by atoms with Crippen molar-refractivity contribution in [3.05, 3.63) is 46.5 Å². The van der Waals surface area contributed by atoms with Crippen LogP contribution >= 0.6 is 11.6 Å². The predicted molar refractivity (Wildman–Crippen MR) is 88.4 cm³/mol. The van der Waals surface area contributed by atoms with Crippen molar-refractivity contribution in [3.63, 3.8) is 0 Å². The first-order valence-electron chi connectivity index (χ1n) is 8.19. The molecule has 0 radical (unpaired) electrons. The molecule has 122 valence electrons. The maximum Gasteiger partial charge on any atom is 0.146 e. The van der Waals surface area contributed by atoms with Gasteiger partial charge in [0.1, 0.15) is 11.6 Å². The largest absolute Gasteiger partial charge is 0.371 e. The van der Waals surface area contributed by atoms with Gasteiger partial charge in [-0.3, -0.25) is 4.90 Å². The number of hydrogen-bond acceptors (Lipinski definition) is 4. The zero-order valence-corrected chi connectivity index (χ0v) is 14.0. The lowest BCUT2D eigenvalue weighted by Crippen LogP contribution is -2.38. The van der Waals surface area contributed by atoms with Crippen molar-refractivity contribution >= 4 is 11.6 Å². The Morgan fingerprint density at radius 3 is 2.87 bits per heavy atom. The van der Waals surface area contributed by atoms with E-state index in [0.717, 1.165) is 41.9 Å². The summed E-state index contributed by atoms with van der Waals surface area (Å²) in [4.78, 5) is 2.37. The number of halogens is 1. The molecule has 2 aromatic rings. The quantitative estimate of drug-likeness (QED) is 0.863. The van der Waals surface area contributed by atoms with Gasteiger partial charge in [0.05, 0.1) is 19.3 Å². The average Bonchev–Trinajstić information content (AvgIpc) is 3.34. The standard InChI is InChI=1S/C17H21ClN4O/c1-21-16(19-20-17(21)12-6-7-12)11-22-8-9-23-15(10-22)13-4-2-3-5-14(13)18/h2-5,12,15H,6-11H2,1H3/t15-/m1/s1. The lowest BCUT2D eigenvalue weighted by molar-refractivity contribution is -0.0338. The van der Waals surface area contributed by atoms with Gasteiger partial charge >= 0.3 is 0 Å². The highest BCUT2D eigenvalue weighted by atomic mass is 35.5. The van der Waals surface area contributed by atoms with Crippen LogP contribution in [0.3, 0.4) is 0 Å². The molecule has 0 amide bonds. The number of aromatic nitrogens is 3. The summed E-state index contributed by atoms with van der Waals surface area (Å²) in [7, 11) is 2.08. The van der Waals surface area contributed by atoms with Gasteiger partial charge in [0.25, 0.3) is 0 Å². The Labute approximate surface area is 141 Å². The normalized spacial score (nSPS) is 22.4. The monoisotopic (exact) mass is 332 g/mol. The minimum Gasteiger partial charge on any atom is -0.371 e. The van der Waals surface area contributed by atoms with Crippen molar-refractivity contribution in [2.24, 2.45) is 7.05 Å². The fourth-order valence-electron chi connectivity index (χ4n) is 3.18. The third kappa shape index (κ3) is 3.13. The van der Waals surface area contributed by atoms with Gasteiger partial charge in [-0.05, 0) is 18.9 Å². The molecule has 0 bridgehead atoms. The van der Waals surface area contributed by atoms with Crippen LogP contribution in [0.15, 0.2) is 24.3 Å². The van der Waals surface area contributed by atoms with Crippen LogP contribution in [0.25, 0.3) is 0 Å². The summed E-state index contributed by atoms with van der Waals surface area (Å²) in [5.74, 6) is 2.80. The molecule has 1 atom stereocenters. The molecule has 0 spiro atoms. The highest BCUT2D eigenvalue weighted by molar-refractivity contribution is 6.31. The Kier molecular flexibility index (Phi) is 4.09. The van der Waals surface area contributed by atoms with E-state index < -0.39 is 0 Å². The first kappa shape index (κ1) is 15.1. The summed E-state index contributed by atoms with van der Waals surface area (Å²) in [6.07, 6.45) is 2.52. The van der Waals surface area contributed by atoms with Gasteiger partial charge in [0.2, 0.25) is 0 Å². The number of benzene rings is 1. The van der Waals surface area contributed by atoms with Gasteiger partial charge in [-0.2, -0.15) is 0 Å². The van der Waals surface area contributed by atoms with Crippen LogP contribution in [-0.4, -0.2) is 39.4 Å². The predicted octanol–water partition coefficient (Wildman–Crippen LogP) is 2.92. The molecular weight excluding hydrogens is 312 g/mol. The van der Waals surface area contributed by atoms with E-state index in [-0.39, 0.29) is 6.10 Å². The molecule has 0 unspecified atom stereocenters. The van der Waals surface area contributed by atoms with E-state index in [0.29, 0.717) is 12.5 Å². The lowest BCUT2D eigenvalue weighted by atomic mass is 10.1. The molecular formula is C17H21ClN4O. The molecule has 2 fully saturated rings. The number of rotatable bonds is 4. The van der Waals surface area contributed by atoms with Crippen molar-refractivity contribution in [2.75, 3.05) is 19.7 Å². The van der Waals surface area contributed by atoms with E-state index in [4.69, 9.17) is 16.3 Å². The van der Waals surface area contributed by atoms with E-state index in [9.17, 15) is 0 Å². The molecule has 1 saturated heterocycles. The van der Waals surface area contributed by atoms with E-state index in [2.05, 4.69) is 26.7 Å². The van der Waals surface area contributed by atoms with Gasteiger partial charge < -0.3 is 9.30 Å². The van der Waals surface area contributed by atoms with Crippen molar-refractivity contribution in [2.45, 2.75) is 31.4 Å². The Hall–Kier alpha value is -1.43. The second-order valence-corrected chi connectivity index (χ2v) is 6.83. The van der Waals surface area contributed by atoms with Crippen LogP contribution in [0.4, 0.5) is 0 Å². The number of hydrogen-bond donors (Lipinski definition) is 0. The van der Waals surface area contributed by atoms with Crippen molar-refractivity contribution in [3.8, 4) is 0 Å². The Bertz CT molecular complexity index is 698. The lowest BCUT2D eigenvalue weighted by Gasteiger charge is -2.33. The molecule has 5 nitrogen and oxygen atoms in total. The van der Waals surface area contributed by atoms with E-state index in [1.807, 2.05) is 24.3 Å². The van der Waals surface area contributed by atoms with Crippen LogP contribution in [-0.2, 0) is 18.3 Å². The molecule has 2 aliphatic rings. The number of morpholine rings is 1. The van der Waals surface area contributed by atoms with Crippen molar-refractivity contribution in [1.82, 2.24) is 19.7 Å². The first-order valence-corrected chi connectivity index (χ1v) is 8.56. The summed E-state index contributed by atoms with van der Waals surface area (Å²) in [6.45, 7) is 3.26. The summed E-state index contributed by atoms with van der Waals surface area (Å²) < 4.78 is 8.09. The SMILES string of the molecule is Cn1c(CN2CCO[C@@H](c3ccccc3Cl)C2)nnc1C1CC1. The zero-order valence-electron chi connectivity index (χ0n) is 13.3. The van der Waals surface area contributed by atoms with E-state index >= 15 is 0 Å².